The predicted molar refractivity (Wildman–Crippen MR) is 77.8 cm³/mol. The number of carbonyl (C=O) groups excluding carboxylic acids is 2. The number of benzene rings is 1. The van der Waals surface area contributed by atoms with Gasteiger partial charge in [-0.05, 0) is 30.2 Å². The maximum absolute atomic E-state index is 12.7. The lowest BCUT2D eigenvalue weighted by Gasteiger charge is -2.13. The molecule has 1 aliphatic rings. The molecule has 0 amide bonds. The molecule has 0 radical (unpaired) electrons. The molecule has 1 aromatic carbocycles. The highest BCUT2D eigenvalue weighted by molar-refractivity contribution is 6.16. The Hall–Kier alpha value is -2.56. The maximum Gasteiger partial charge on any atom is 0.320 e. The van der Waals surface area contributed by atoms with Crippen LogP contribution in [0.1, 0.15) is 28.3 Å². The number of Topliss-reactive ketones (excluding diaryl/α,β-unsaturated/α-hetero) is 1. The first-order valence-corrected chi connectivity index (χ1v) is 6.93. The van der Waals surface area contributed by atoms with Gasteiger partial charge in [-0.1, -0.05) is 12.1 Å². The number of hydrogen-bond acceptors (Lipinski definition) is 5. The first-order chi connectivity index (χ1) is 10.6. The number of furan rings is 1. The summed E-state index contributed by atoms with van der Waals surface area (Å²) in [5.41, 5.74) is 0.164. The molecule has 0 N–H and O–H groups in total. The third kappa shape index (κ3) is 2.09. The van der Waals surface area contributed by atoms with Crippen LogP contribution >= 0.6 is 0 Å². The Bertz CT molecular complexity index is 686. The molecule has 1 fully saturated rings. The van der Waals surface area contributed by atoms with Crippen molar-refractivity contribution in [2.75, 3.05) is 14.2 Å². The summed E-state index contributed by atoms with van der Waals surface area (Å²) in [6.45, 7) is 0. The number of rotatable bonds is 5. The highest BCUT2D eigenvalue weighted by atomic mass is 16.5. The van der Waals surface area contributed by atoms with Crippen LogP contribution < -0.4 is 4.74 Å². The molecular formula is C17H16O5. The third-order valence-electron chi connectivity index (χ3n) is 4.22. The van der Waals surface area contributed by atoms with Gasteiger partial charge in [0.2, 0.25) is 0 Å². The average molecular weight is 300 g/mol. The fourth-order valence-electron chi connectivity index (χ4n) is 2.90. The molecule has 1 aliphatic carbocycles. The lowest BCUT2D eigenvalue weighted by Crippen LogP contribution is -2.29. The van der Waals surface area contributed by atoms with Crippen molar-refractivity contribution in [3.63, 3.8) is 0 Å². The van der Waals surface area contributed by atoms with Gasteiger partial charge in [-0.25, -0.2) is 0 Å². The van der Waals surface area contributed by atoms with Gasteiger partial charge in [-0.3, -0.25) is 9.59 Å². The van der Waals surface area contributed by atoms with Crippen molar-refractivity contribution in [2.24, 2.45) is 5.41 Å². The smallest absolute Gasteiger partial charge is 0.320 e. The molecule has 1 heterocycles. The van der Waals surface area contributed by atoms with Gasteiger partial charge in [0.25, 0.3) is 0 Å². The first-order valence-electron chi connectivity index (χ1n) is 6.93. The van der Waals surface area contributed by atoms with Crippen LogP contribution in [0, 0.1) is 5.41 Å². The van der Waals surface area contributed by atoms with Gasteiger partial charge in [-0.15, -0.1) is 0 Å². The van der Waals surface area contributed by atoms with E-state index in [1.54, 1.807) is 13.2 Å². The van der Waals surface area contributed by atoms with Crippen molar-refractivity contribution in [1.82, 2.24) is 0 Å². The summed E-state index contributed by atoms with van der Waals surface area (Å²) in [4.78, 5) is 25.0. The highest BCUT2D eigenvalue weighted by Crippen LogP contribution is 2.61. The molecule has 2 unspecified atom stereocenters. The zero-order valence-electron chi connectivity index (χ0n) is 12.4. The molecule has 2 aromatic rings. The number of methoxy groups -OCH3 is 2. The molecule has 0 spiro atoms. The van der Waals surface area contributed by atoms with E-state index in [2.05, 4.69) is 0 Å². The lowest BCUT2D eigenvalue weighted by atomic mass is 9.91. The Kier molecular flexibility index (Phi) is 3.48. The standard InChI is InChI=1S/C17H16O5/c1-20-13-5-3-11(4-6-13)14-9-17(14,16(19)21-2)15(18)12-7-8-22-10-12/h3-8,10,14H,9H2,1-2H3. The molecule has 1 aromatic heterocycles. The van der Waals surface area contributed by atoms with E-state index >= 15 is 0 Å². The van der Waals surface area contributed by atoms with Gasteiger partial charge in [-0.2, -0.15) is 0 Å². The van der Waals surface area contributed by atoms with Crippen LogP contribution in [-0.2, 0) is 9.53 Å². The lowest BCUT2D eigenvalue weighted by molar-refractivity contribution is -0.145. The summed E-state index contributed by atoms with van der Waals surface area (Å²) < 4.78 is 15.0. The molecule has 3 rings (SSSR count). The van der Waals surface area contributed by atoms with Crippen LogP contribution in [0.4, 0.5) is 0 Å². The van der Waals surface area contributed by atoms with Gasteiger partial charge in [0.1, 0.15) is 17.4 Å². The predicted octanol–water partition coefficient (Wildman–Crippen LogP) is 2.82. The molecule has 114 valence electrons. The fraction of sp³-hybridized carbons (Fsp3) is 0.294. The highest BCUT2D eigenvalue weighted by Gasteiger charge is 2.67. The van der Waals surface area contributed by atoms with E-state index < -0.39 is 11.4 Å². The Balaban J connectivity index is 1.93. The number of esters is 1. The summed E-state index contributed by atoms with van der Waals surface area (Å²) >= 11 is 0. The van der Waals surface area contributed by atoms with E-state index in [0.717, 1.165) is 11.3 Å². The summed E-state index contributed by atoms with van der Waals surface area (Å²) in [6, 6.07) is 8.94. The van der Waals surface area contributed by atoms with Crippen molar-refractivity contribution in [1.29, 1.82) is 0 Å². The van der Waals surface area contributed by atoms with E-state index in [-0.39, 0.29) is 11.7 Å². The van der Waals surface area contributed by atoms with Crippen molar-refractivity contribution in [3.05, 3.63) is 54.0 Å². The van der Waals surface area contributed by atoms with E-state index in [1.807, 2.05) is 24.3 Å². The maximum atomic E-state index is 12.7. The van der Waals surface area contributed by atoms with E-state index in [1.165, 1.54) is 19.6 Å². The minimum Gasteiger partial charge on any atom is -0.497 e. The van der Waals surface area contributed by atoms with Crippen molar-refractivity contribution in [3.8, 4) is 5.75 Å². The van der Waals surface area contributed by atoms with E-state index in [9.17, 15) is 9.59 Å². The summed E-state index contributed by atoms with van der Waals surface area (Å²) in [5.74, 6) is -0.212. The minimum absolute atomic E-state index is 0.187. The molecule has 2 atom stereocenters. The zero-order valence-corrected chi connectivity index (χ0v) is 12.4. The zero-order chi connectivity index (χ0) is 15.7. The quantitative estimate of drug-likeness (QED) is 0.482. The SMILES string of the molecule is COC(=O)C1(C(=O)c2ccoc2)CC1c1ccc(OC)cc1. The van der Waals surface area contributed by atoms with Crippen LogP contribution in [0.15, 0.2) is 47.3 Å². The molecular weight excluding hydrogens is 284 g/mol. The van der Waals surface area contributed by atoms with Crippen molar-refractivity contribution < 1.29 is 23.5 Å². The second kappa shape index (κ2) is 5.33. The Labute approximate surface area is 127 Å². The van der Waals surface area contributed by atoms with E-state index in [4.69, 9.17) is 13.9 Å². The molecule has 0 bridgehead atoms. The van der Waals surface area contributed by atoms with Gasteiger partial charge < -0.3 is 13.9 Å². The fourth-order valence-corrected chi connectivity index (χ4v) is 2.90. The Morgan fingerprint density at radius 2 is 1.91 bits per heavy atom. The van der Waals surface area contributed by atoms with Crippen LogP contribution in [-0.4, -0.2) is 26.0 Å². The van der Waals surface area contributed by atoms with Gasteiger partial charge in [0.15, 0.2) is 5.78 Å². The molecule has 5 heteroatoms. The van der Waals surface area contributed by atoms with Gasteiger partial charge in [0, 0.05) is 5.92 Å². The average Bonchev–Trinajstić information content (AvgIpc) is 3.08. The molecule has 5 nitrogen and oxygen atoms in total. The first kappa shape index (κ1) is 14.4. The largest absolute Gasteiger partial charge is 0.497 e. The number of ketones is 1. The minimum atomic E-state index is -1.15. The molecule has 0 saturated heterocycles. The second-order valence-corrected chi connectivity index (χ2v) is 5.33. The molecule has 0 aliphatic heterocycles. The van der Waals surface area contributed by atoms with Crippen molar-refractivity contribution >= 4 is 11.8 Å². The molecule has 1 saturated carbocycles. The Morgan fingerprint density at radius 3 is 2.45 bits per heavy atom. The van der Waals surface area contributed by atoms with Crippen LogP contribution in [0.5, 0.6) is 5.75 Å². The summed E-state index contributed by atoms with van der Waals surface area (Å²) in [7, 11) is 2.89. The van der Waals surface area contributed by atoms with Gasteiger partial charge >= 0.3 is 5.97 Å². The van der Waals surface area contributed by atoms with Crippen LogP contribution in [0.25, 0.3) is 0 Å². The number of carbonyl (C=O) groups is 2. The van der Waals surface area contributed by atoms with Gasteiger partial charge in [0.05, 0.1) is 26.0 Å². The summed E-state index contributed by atoms with van der Waals surface area (Å²) in [5, 5.41) is 0. The number of hydrogen-bond donors (Lipinski definition) is 0. The molecule has 22 heavy (non-hydrogen) atoms. The second-order valence-electron chi connectivity index (χ2n) is 5.33. The number of ether oxygens (including phenoxy) is 2. The van der Waals surface area contributed by atoms with Crippen LogP contribution in [0.2, 0.25) is 0 Å². The van der Waals surface area contributed by atoms with E-state index in [0.29, 0.717) is 12.0 Å². The topological polar surface area (TPSA) is 65.7 Å². The van der Waals surface area contributed by atoms with Crippen LogP contribution in [0.3, 0.4) is 0 Å². The third-order valence-corrected chi connectivity index (χ3v) is 4.22. The van der Waals surface area contributed by atoms with Crippen molar-refractivity contribution in [2.45, 2.75) is 12.3 Å². The monoisotopic (exact) mass is 300 g/mol. The Morgan fingerprint density at radius 1 is 1.18 bits per heavy atom. The normalized spacial score (nSPS) is 22.9. The summed E-state index contributed by atoms with van der Waals surface area (Å²) in [6.07, 6.45) is 3.22.